The summed E-state index contributed by atoms with van der Waals surface area (Å²) in [5.74, 6) is 1.93. The number of fused-ring (bicyclic) bond motifs is 1. The van der Waals surface area contributed by atoms with Crippen LogP contribution in [0.25, 0.3) is 0 Å². The van der Waals surface area contributed by atoms with Gasteiger partial charge in [0.2, 0.25) is 6.79 Å². The van der Waals surface area contributed by atoms with Crippen LogP contribution in [0.4, 0.5) is 5.69 Å². The Bertz CT molecular complexity index is 1350. The van der Waals surface area contributed by atoms with Gasteiger partial charge in [-0.15, -0.1) is 0 Å². The van der Waals surface area contributed by atoms with E-state index in [0.717, 1.165) is 28.3 Å². The van der Waals surface area contributed by atoms with Crippen molar-refractivity contribution < 1.29 is 19.0 Å². The van der Waals surface area contributed by atoms with Crippen LogP contribution in [0, 0.1) is 13.8 Å². The molecular weight excluding hydrogens is 430 g/mol. The summed E-state index contributed by atoms with van der Waals surface area (Å²) in [5.41, 5.74) is 5.33. The number of ether oxygens (including phenoxy) is 3. The third-order valence-electron chi connectivity index (χ3n) is 5.56. The van der Waals surface area contributed by atoms with Crippen molar-refractivity contribution in [2.75, 3.05) is 12.1 Å². The van der Waals surface area contributed by atoms with E-state index in [9.17, 15) is 4.79 Å². The maximum Gasteiger partial charge on any atom is 0.255 e. The summed E-state index contributed by atoms with van der Waals surface area (Å²) in [6.45, 7) is 5.21. The lowest BCUT2D eigenvalue weighted by molar-refractivity contribution is 0.102. The average molecular weight is 456 g/mol. The van der Waals surface area contributed by atoms with E-state index in [2.05, 4.69) is 10.4 Å². The van der Waals surface area contributed by atoms with Gasteiger partial charge in [-0.2, -0.15) is 5.10 Å². The van der Waals surface area contributed by atoms with Gasteiger partial charge in [0.15, 0.2) is 11.5 Å². The number of nitrogens with zero attached hydrogens (tertiary/aromatic N) is 2. The van der Waals surface area contributed by atoms with Crippen LogP contribution in [0.5, 0.6) is 17.2 Å². The SMILES string of the molecule is Cc1cc(C)n(Cc2cccc(C(=O)Nc3cccc(COc4ccc5c(c4)OCO5)c3)c2)n1. The summed E-state index contributed by atoms with van der Waals surface area (Å²) in [6.07, 6.45) is 0. The second kappa shape index (κ2) is 9.31. The van der Waals surface area contributed by atoms with E-state index < -0.39 is 0 Å². The number of carbonyl (C=O) groups excluding carboxylic acids is 1. The number of hydrogen-bond donors (Lipinski definition) is 1. The molecule has 2 heterocycles. The summed E-state index contributed by atoms with van der Waals surface area (Å²) in [5, 5.41) is 7.49. The van der Waals surface area contributed by atoms with Crippen LogP contribution in [0.3, 0.4) is 0 Å². The minimum absolute atomic E-state index is 0.163. The molecule has 0 saturated carbocycles. The van der Waals surface area contributed by atoms with E-state index in [-0.39, 0.29) is 12.7 Å². The van der Waals surface area contributed by atoms with Gasteiger partial charge in [-0.25, -0.2) is 0 Å². The highest BCUT2D eigenvalue weighted by Crippen LogP contribution is 2.35. The van der Waals surface area contributed by atoms with E-state index in [1.807, 2.05) is 91.3 Å². The van der Waals surface area contributed by atoms with Gasteiger partial charge in [-0.3, -0.25) is 9.48 Å². The van der Waals surface area contributed by atoms with Gasteiger partial charge in [-0.1, -0.05) is 24.3 Å². The summed E-state index contributed by atoms with van der Waals surface area (Å²) >= 11 is 0. The Labute approximate surface area is 197 Å². The van der Waals surface area contributed by atoms with Gasteiger partial charge in [0.05, 0.1) is 12.2 Å². The molecule has 0 aliphatic carbocycles. The lowest BCUT2D eigenvalue weighted by atomic mass is 10.1. The van der Waals surface area contributed by atoms with Crippen LogP contribution in [0.1, 0.15) is 32.9 Å². The number of aromatic nitrogens is 2. The number of rotatable bonds is 7. The molecule has 1 aliphatic rings. The highest BCUT2D eigenvalue weighted by atomic mass is 16.7. The topological polar surface area (TPSA) is 74.6 Å². The largest absolute Gasteiger partial charge is 0.489 e. The Balaban J connectivity index is 1.23. The van der Waals surface area contributed by atoms with Gasteiger partial charge >= 0.3 is 0 Å². The Hall–Kier alpha value is -4.26. The Morgan fingerprint density at radius 2 is 1.79 bits per heavy atom. The molecule has 3 aromatic carbocycles. The second-order valence-corrected chi connectivity index (χ2v) is 8.24. The van der Waals surface area contributed by atoms with Crippen LogP contribution < -0.4 is 19.5 Å². The lowest BCUT2D eigenvalue weighted by Crippen LogP contribution is -2.13. The number of benzene rings is 3. The van der Waals surface area contributed by atoms with Crippen molar-refractivity contribution in [1.82, 2.24) is 9.78 Å². The molecule has 0 unspecified atom stereocenters. The molecule has 4 aromatic rings. The fraction of sp³-hybridized carbons (Fsp3) is 0.185. The van der Waals surface area contributed by atoms with Crippen molar-refractivity contribution >= 4 is 11.6 Å². The summed E-state index contributed by atoms with van der Waals surface area (Å²) in [4.78, 5) is 12.9. The van der Waals surface area contributed by atoms with Crippen molar-refractivity contribution in [2.24, 2.45) is 0 Å². The van der Waals surface area contributed by atoms with Crippen molar-refractivity contribution in [3.63, 3.8) is 0 Å². The molecule has 0 bridgehead atoms. The van der Waals surface area contributed by atoms with Gasteiger partial charge in [0.25, 0.3) is 5.91 Å². The number of aryl methyl sites for hydroxylation is 2. The quantitative estimate of drug-likeness (QED) is 0.419. The maximum atomic E-state index is 12.9. The van der Waals surface area contributed by atoms with Crippen LogP contribution in [0.2, 0.25) is 0 Å². The first-order chi connectivity index (χ1) is 16.5. The zero-order valence-electron chi connectivity index (χ0n) is 19.1. The molecule has 7 nitrogen and oxygen atoms in total. The van der Waals surface area contributed by atoms with Crippen molar-refractivity contribution in [1.29, 1.82) is 0 Å². The zero-order valence-corrected chi connectivity index (χ0v) is 19.1. The monoisotopic (exact) mass is 455 g/mol. The minimum atomic E-state index is -0.163. The molecule has 0 fully saturated rings. The van der Waals surface area contributed by atoms with Crippen LogP contribution in [-0.2, 0) is 13.2 Å². The van der Waals surface area contributed by atoms with Crippen molar-refractivity contribution in [3.8, 4) is 17.2 Å². The van der Waals surface area contributed by atoms with E-state index in [4.69, 9.17) is 14.2 Å². The molecule has 1 aromatic heterocycles. The summed E-state index contributed by atoms with van der Waals surface area (Å²) in [7, 11) is 0. The van der Waals surface area contributed by atoms with Gasteiger partial charge in [-0.05, 0) is 67.4 Å². The maximum absolute atomic E-state index is 12.9. The predicted molar refractivity (Wildman–Crippen MR) is 129 cm³/mol. The number of hydrogen-bond acceptors (Lipinski definition) is 5. The molecule has 0 atom stereocenters. The van der Waals surface area contributed by atoms with Gasteiger partial charge in [0.1, 0.15) is 12.4 Å². The van der Waals surface area contributed by atoms with E-state index >= 15 is 0 Å². The molecule has 0 spiro atoms. The molecule has 7 heteroatoms. The number of nitrogens with one attached hydrogen (secondary N) is 1. The normalized spacial score (nSPS) is 11.9. The highest BCUT2D eigenvalue weighted by Gasteiger charge is 2.14. The average Bonchev–Trinajstić information content (AvgIpc) is 3.43. The van der Waals surface area contributed by atoms with Gasteiger partial charge < -0.3 is 19.5 Å². The fourth-order valence-corrected chi connectivity index (χ4v) is 3.89. The number of anilines is 1. The molecular formula is C27H25N3O4. The van der Waals surface area contributed by atoms with Gasteiger partial charge in [0, 0.05) is 23.0 Å². The Morgan fingerprint density at radius 1 is 0.971 bits per heavy atom. The third-order valence-corrected chi connectivity index (χ3v) is 5.56. The van der Waals surface area contributed by atoms with E-state index in [1.165, 1.54) is 0 Å². The first-order valence-corrected chi connectivity index (χ1v) is 11.1. The fourth-order valence-electron chi connectivity index (χ4n) is 3.89. The van der Waals surface area contributed by atoms with Crippen LogP contribution >= 0.6 is 0 Å². The molecule has 5 rings (SSSR count). The third kappa shape index (κ3) is 4.88. The van der Waals surface area contributed by atoms with Crippen LogP contribution in [0.15, 0.2) is 72.8 Å². The van der Waals surface area contributed by atoms with Crippen molar-refractivity contribution in [3.05, 3.63) is 101 Å². The second-order valence-electron chi connectivity index (χ2n) is 8.24. The van der Waals surface area contributed by atoms with E-state index in [0.29, 0.717) is 35.9 Å². The standard InChI is InChI=1S/C27H25N3O4/c1-18-11-19(2)30(29-18)15-20-5-3-7-22(12-20)27(31)28-23-8-4-6-21(13-23)16-32-24-9-10-25-26(14-24)34-17-33-25/h3-14H,15-17H2,1-2H3,(H,28,31). The molecule has 0 radical (unpaired) electrons. The lowest BCUT2D eigenvalue weighted by Gasteiger charge is -2.11. The smallest absolute Gasteiger partial charge is 0.255 e. The molecule has 1 amide bonds. The van der Waals surface area contributed by atoms with Crippen LogP contribution in [-0.4, -0.2) is 22.5 Å². The number of carbonyl (C=O) groups is 1. The first kappa shape index (κ1) is 21.6. The minimum Gasteiger partial charge on any atom is -0.489 e. The molecule has 1 aliphatic heterocycles. The highest BCUT2D eigenvalue weighted by molar-refractivity contribution is 6.04. The summed E-state index contributed by atoms with van der Waals surface area (Å²) < 4.78 is 18.5. The molecule has 34 heavy (non-hydrogen) atoms. The molecule has 0 saturated heterocycles. The molecule has 172 valence electrons. The summed E-state index contributed by atoms with van der Waals surface area (Å²) in [6, 6.07) is 22.8. The Morgan fingerprint density at radius 3 is 2.65 bits per heavy atom. The number of amides is 1. The van der Waals surface area contributed by atoms with E-state index in [1.54, 1.807) is 0 Å². The van der Waals surface area contributed by atoms with Crippen molar-refractivity contribution in [2.45, 2.75) is 27.0 Å². The zero-order chi connectivity index (χ0) is 23.5. The first-order valence-electron chi connectivity index (χ1n) is 11.1. The predicted octanol–water partition coefficient (Wildman–Crippen LogP) is 5.11. The molecule has 1 N–H and O–H groups in total. The Kier molecular flexibility index (Phi) is 5.91.